The van der Waals surface area contributed by atoms with Crippen LogP contribution in [0.2, 0.25) is 0 Å². The van der Waals surface area contributed by atoms with Gasteiger partial charge >= 0.3 is 11.9 Å². The lowest BCUT2D eigenvalue weighted by Crippen LogP contribution is -2.17. The minimum atomic E-state index is -0.869. The van der Waals surface area contributed by atoms with Crippen molar-refractivity contribution >= 4 is 11.9 Å². The van der Waals surface area contributed by atoms with Crippen molar-refractivity contribution in [2.24, 2.45) is 17.8 Å². The Balaban J connectivity index is 2.50. The zero-order valence-corrected chi connectivity index (χ0v) is 6.86. The van der Waals surface area contributed by atoms with Crippen LogP contribution in [0.5, 0.6) is 0 Å². The lowest BCUT2D eigenvalue weighted by atomic mass is 9.99. The van der Waals surface area contributed by atoms with Gasteiger partial charge in [-0.15, -0.1) is 0 Å². The van der Waals surface area contributed by atoms with Gasteiger partial charge in [-0.25, -0.2) is 0 Å². The van der Waals surface area contributed by atoms with Crippen LogP contribution >= 0.6 is 0 Å². The third-order valence-electron chi connectivity index (χ3n) is 2.43. The molecule has 0 aromatic heterocycles. The predicted octanol–water partition coefficient (Wildman–Crippen LogP) is 0.818. The Labute approximate surface area is 70.2 Å². The maximum absolute atomic E-state index is 10.6. The van der Waals surface area contributed by atoms with Crippen LogP contribution < -0.4 is 0 Å². The van der Waals surface area contributed by atoms with Gasteiger partial charge in [0.15, 0.2) is 0 Å². The van der Waals surface area contributed by atoms with Crippen LogP contribution in [0.15, 0.2) is 0 Å². The smallest absolute Gasteiger partial charge is 0.306 e. The number of hydrogen-bond acceptors (Lipinski definition) is 2. The number of carboxylic acids is 2. The van der Waals surface area contributed by atoms with Gasteiger partial charge in [0.05, 0.1) is 11.8 Å². The average Bonchev–Trinajstić information content (AvgIpc) is 2.68. The van der Waals surface area contributed by atoms with E-state index in [1.54, 1.807) is 6.92 Å². The molecule has 1 fully saturated rings. The van der Waals surface area contributed by atoms with Crippen LogP contribution in [0.25, 0.3) is 0 Å². The van der Waals surface area contributed by atoms with Crippen molar-refractivity contribution in [3.05, 3.63) is 0 Å². The molecule has 1 aliphatic rings. The Morgan fingerprint density at radius 2 is 2.08 bits per heavy atom. The van der Waals surface area contributed by atoms with Crippen molar-refractivity contribution in [1.82, 2.24) is 0 Å². The summed E-state index contributed by atoms with van der Waals surface area (Å²) in [6, 6.07) is 0. The SMILES string of the molecule is CCC(C(=O)O)C1CC1C(=O)O. The standard InChI is InChI=1S/C8H12O4/c1-2-4(7(9)10)5-3-6(5)8(11)12/h4-6H,2-3H2,1H3,(H,9,10)(H,11,12). The highest BCUT2D eigenvalue weighted by molar-refractivity contribution is 5.77. The normalized spacial score (nSPS) is 29.4. The summed E-state index contributed by atoms with van der Waals surface area (Å²) in [4.78, 5) is 21.0. The van der Waals surface area contributed by atoms with Gasteiger partial charge < -0.3 is 10.2 Å². The molecule has 0 heterocycles. The van der Waals surface area contributed by atoms with Crippen LogP contribution in [0.1, 0.15) is 19.8 Å². The van der Waals surface area contributed by atoms with Gasteiger partial charge in [0.2, 0.25) is 0 Å². The zero-order chi connectivity index (χ0) is 9.30. The first-order valence-corrected chi connectivity index (χ1v) is 4.03. The number of aliphatic carboxylic acids is 2. The summed E-state index contributed by atoms with van der Waals surface area (Å²) in [5.74, 6) is -2.74. The lowest BCUT2D eigenvalue weighted by Gasteiger charge is -2.06. The van der Waals surface area contributed by atoms with Crippen LogP contribution in [0.4, 0.5) is 0 Å². The summed E-state index contributed by atoms with van der Waals surface area (Å²) in [7, 11) is 0. The molecule has 1 rings (SSSR count). The summed E-state index contributed by atoms with van der Waals surface area (Å²) >= 11 is 0. The van der Waals surface area contributed by atoms with Crippen LogP contribution in [-0.4, -0.2) is 22.2 Å². The molecular weight excluding hydrogens is 160 g/mol. The topological polar surface area (TPSA) is 74.6 Å². The second-order valence-corrected chi connectivity index (χ2v) is 3.20. The molecule has 0 aliphatic heterocycles. The Morgan fingerprint density at radius 1 is 1.50 bits per heavy atom. The second kappa shape index (κ2) is 3.13. The molecule has 1 aliphatic carbocycles. The predicted molar refractivity (Wildman–Crippen MR) is 40.6 cm³/mol. The van der Waals surface area contributed by atoms with E-state index in [2.05, 4.69) is 0 Å². The molecule has 4 heteroatoms. The maximum Gasteiger partial charge on any atom is 0.306 e. The van der Waals surface area contributed by atoms with E-state index in [0.717, 1.165) is 0 Å². The van der Waals surface area contributed by atoms with E-state index in [1.807, 2.05) is 0 Å². The first-order chi connectivity index (χ1) is 5.57. The van der Waals surface area contributed by atoms with Crippen molar-refractivity contribution in [2.75, 3.05) is 0 Å². The minimum Gasteiger partial charge on any atom is -0.481 e. The van der Waals surface area contributed by atoms with E-state index < -0.39 is 23.8 Å². The second-order valence-electron chi connectivity index (χ2n) is 3.20. The highest BCUT2D eigenvalue weighted by atomic mass is 16.4. The van der Waals surface area contributed by atoms with Gasteiger partial charge in [0.25, 0.3) is 0 Å². The molecule has 4 nitrogen and oxygen atoms in total. The molecule has 0 saturated heterocycles. The molecule has 12 heavy (non-hydrogen) atoms. The Hall–Kier alpha value is -1.06. The van der Waals surface area contributed by atoms with Crippen LogP contribution in [0.3, 0.4) is 0 Å². The summed E-state index contributed by atoms with van der Waals surface area (Å²) in [5.41, 5.74) is 0. The third-order valence-corrected chi connectivity index (χ3v) is 2.43. The minimum absolute atomic E-state index is 0.134. The third kappa shape index (κ3) is 1.57. The fraction of sp³-hybridized carbons (Fsp3) is 0.750. The van der Waals surface area contributed by atoms with E-state index in [1.165, 1.54) is 0 Å². The first kappa shape index (κ1) is 9.03. The Kier molecular flexibility index (Phi) is 2.35. The van der Waals surface area contributed by atoms with Crippen molar-refractivity contribution in [1.29, 1.82) is 0 Å². The fourth-order valence-electron chi connectivity index (χ4n) is 1.60. The van der Waals surface area contributed by atoms with E-state index >= 15 is 0 Å². The van der Waals surface area contributed by atoms with Gasteiger partial charge in [-0.1, -0.05) is 6.92 Å². The van der Waals surface area contributed by atoms with Crippen molar-refractivity contribution < 1.29 is 19.8 Å². The summed E-state index contributed by atoms with van der Waals surface area (Å²) < 4.78 is 0. The van der Waals surface area contributed by atoms with E-state index in [0.29, 0.717) is 12.8 Å². The molecule has 68 valence electrons. The maximum atomic E-state index is 10.6. The van der Waals surface area contributed by atoms with E-state index in [4.69, 9.17) is 10.2 Å². The first-order valence-electron chi connectivity index (χ1n) is 4.03. The van der Waals surface area contributed by atoms with Gasteiger partial charge in [-0.2, -0.15) is 0 Å². The molecule has 3 unspecified atom stereocenters. The molecule has 0 bridgehead atoms. The number of hydrogen-bond donors (Lipinski definition) is 2. The van der Waals surface area contributed by atoms with Crippen LogP contribution in [0, 0.1) is 17.8 Å². The summed E-state index contributed by atoms with van der Waals surface area (Å²) in [6.45, 7) is 1.77. The van der Waals surface area contributed by atoms with E-state index in [-0.39, 0.29) is 5.92 Å². The highest BCUT2D eigenvalue weighted by Gasteiger charge is 2.49. The average molecular weight is 172 g/mol. The molecule has 2 N–H and O–H groups in total. The fourth-order valence-corrected chi connectivity index (χ4v) is 1.60. The van der Waals surface area contributed by atoms with E-state index in [9.17, 15) is 9.59 Å². The molecule has 3 atom stereocenters. The molecule has 0 amide bonds. The van der Waals surface area contributed by atoms with Gasteiger partial charge in [0.1, 0.15) is 0 Å². The summed E-state index contributed by atoms with van der Waals surface area (Å²) in [6.07, 6.45) is 1.05. The molecule has 1 saturated carbocycles. The molecule has 0 aromatic rings. The van der Waals surface area contributed by atoms with Gasteiger partial charge in [-0.3, -0.25) is 9.59 Å². The van der Waals surface area contributed by atoms with Crippen molar-refractivity contribution in [3.63, 3.8) is 0 Å². The highest BCUT2D eigenvalue weighted by Crippen LogP contribution is 2.45. The van der Waals surface area contributed by atoms with Gasteiger partial charge in [-0.05, 0) is 18.8 Å². The van der Waals surface area contributed by atoms with Gasteiger partial charge in [0, 0.05) is 0 Å². The Bertz CT molecular complexity index is 211. The molecular formula is C8H12O4. The molecule has 0 radical (unpaired) electrons. The largest absolute Gasteiger partial charge is 0.481 e. The lowest BCUT2D eigenvalue weighted by molar-refractivity contribution is -0.143. The van der Waals surface area contributed by atoms with Crippen molar-refractivity contribution in [2.45, 2.75) is 19.8 Å². The number of carbonyl (C=O) groups is 2. The number of rotatable bonds is 4. The monoisotopic (exact) mass is 172 g/mol. The van der Waals surface area contributed by atoms with Crippen molar-refractivity contribution in [3.8, 4) is 0 Å². The number of carboxylic acid groups (broad SMARTS) is 2. The summed E-state index contributed by atoms with van der Waals surface area (Å²) in [5, 5.41) is 17.2. The Morgan fingerprint density at radius 3 is 2.33 bits per heavy atom. The van der Waals surface area contributed by atoms with Crippen LogP contribution in [-0.2, 0) is 9.59 Å². The zero-order valence-electron chi connectivity index (χ0n) is 6.86. The molecule has 0 aromatic carbocycles. The quantitative estimate of drug-likeness (QED) is 0.658. The molecule has 0 spiro atoms.